The predicted octanol–water partition coefficient (Wildman–Crippen LogP) is -0.153. The molecule has 1 aliphatic carbocycles. The number of para-hydroxylation sites is 3. The summed E-state index contributed by atoms with van der Waals surface area (Å²) in [6.07, 6.45) is 8.71. The fourth-order valence-corrected chi connectivity index (χ4v) is 4.05. The molecule has 33 heavy (non-hydrogen) atoms. The summed E-state index contributed by atoms with van der Waals surface area (Å²) in [4.78, 5) is 23.9. The number of nitrogens with zero attached hydrogens (tertiary/aromatic N) is 2. The molecule has 5 rings (SSSR count). The van der Waals surface area contributed by atoms with E-state index < -0.39 is 0 Å². The molecule has 0 bridgehead atoms. The Kier molecular flexibility index (Phi) is 12.2. The Labute approximate surface area is 224 Å². The average molecular weight is 675 g/mol. The Morgan fingerprint density at radius 1 is 0.848 bits per heavy atom. The van der Waals surface area contributed by atoms with E-state index in [1.807, 2.05) is 48.5 Å². The van der Waals surface area contributed by atoms with Crippen LogP contribution in [0.2, 0.25) is 0 Å². The van der Waals surface area contributed by atoms with Crippen LogP contribution in [-0.2, 0) is 19.8 Å². The molecule has 2 aromatic carbocycles. The maximum atomic E-state index is 12.2. The van der Waals surface area contributed by atoms with Gasteiger partial charge in [0.1, 0.15) is 5.01 Å². The summed E-state index contributed by atoms with van der Waals surface area (Å²) in [6.45, 7) is 6.54. The van der Waals surface area contributed by atoms with E-state index in [4.69, 9.17) is 0 Å². The molecule has 2 heterocycles. The van der Waals surface area contributed by atoms with E-state index in [1.54, 1.807) is 0 Å². The van der Waals surface area contributed by atoms with Crippen LogP contribution in [0.5, 0.6) is 0 Å². The zero-order valence-corrected chi connectivity index (χ0v) is 23.2. The molecule has 0 atom stereocenters. The van der Waals surface area contributed by atoms with E-state index in [9.17, 15) is 4.79 Å². The first-order valence-electron chi connectivity index (χ1n) is 9.93. The van der Waals surface area contributed by atoms with Gasteiger partial charge in [-0.15, -0.1) is 11.3 Å². The van der Waals surface area contributed by atoms with Crippen LogP contribution in [0.1, 0.15) is 20.8 Å². The number of hydrogen-bond donors (Lipinski definition) is 1. The fourth-order valence-electron chi connectivity index (χ4n) is 3.10. The number of H-pyrrole nitrogens is 1. The SMILES string of the molecule is C[C]1[CH][CH][C](C(C)C)[CH][CH]1.O=c1[nH]c2ccccc2nc1-c1nc2ccccc2s1.[Cl-].[Cl-].[Os+2]. The van der Waals surface area contributed by atoms with Crippen LogP contribution in [0.25, 0.3) is 32.0 Å². The van der Waals surface area contributed by atoms with Crippen molar-refractivity contribution < 1.29 is 44.6 Å². The Morgan fingerprint density at radius 2 is 1.45 bits per heavy atom. The Morgan fingerprint density at radius 3 is 2.09 bits per heavy atom. The molecule has 0 unspecified atom stereocenters. The van der Waals surface area contributed by atoms with Gasteiger partial charge in [0.15, 0.2) is 5.69 Å². The maximum Gasteiger partial charge on any atom is 2.00 e. The normalized spacial score (nSPS) is 14.1. The summed E-state index contributed by atoms with van der Waals surface area (Å²) in [5, 5.41) is 0.651. The molecule has 0 aliphatic heterocycles. The molecule has 6 radical (unpaired) electrons. The fraction of sp³-hybridized carbons (Fsp3) is 0.160. The van der Waals surface area contributed by atoms with Crippen molar-refractivity contribution in [2.45, 2.75) is 20.8 Å². The molecule has 1 N–H and O–H groups in total. The molecule has 2 aromatic heterocycles. The minimum Gasteiger partial charge on any atom is -1.00 e. The van der Waals surface area contributed by atoms with E-state index in [-0.39, 0.29) is 50.2 Å². The molecular formula is C25H23Cl2N3OOsS. The quantitative estimate of drug-likeness (QED) is 0.322. The van der Waals surface area contributed by atoms with Crippen molar-refractivity contribution in [3.8, 4) is 10.7 Å². The predicted molar refractivity (Wildman–Crippen MR) is 125 cm³/mol. The van der Waals surface area contributed by atoms with Crippen molar-refractivity contribution in [1.29, 1.82) is 0 Å². The van der Waals surface area contributed by atoms with Gasteiger partial charge >= 0.3 is 19.8 Å². The van der Waals surface area contributed by atoms with Crippen LogP contribution < -0.4 is 30.4 Å². The average Bonchev–Trinajstić information content (AvgIpc) is 3.18. The third-order valence-electron chi connectivity index (χ3n) is 4.84. The first-order valence-corrected chi connectivity index (χ1v) is 10.7. The molecule has 1 fully saturated rings. The second kappa shape index (κ2) is 13.5. The molecule has 0 spiro atoms. The molecule has 0 saturated heterocycles. The largest absolute Gasteiger partial charge is 2.00 e. The molecule has 4 aromatic rings. The van der Waals surface area contributed by atoms with E-state index in [0.717, 1.165) is 21.3 Å². The monoisotopic (exact) mass is 675 g/mol. The minimum absolute atomic E-state index is 0. The van der Waals surface area contributed by atoms with Crippen LogP contribution >= 0.6 is 11.3 Å². The summed E-state index contributed by atoms with van der Waals surface area (Å²) in [5.41, 5.74) is 2.57. The van der Waals surface area contributed by atoms with E-state index in [2.05, 4.69) is 61.4 Å². The van der Waals surface area contributed by atoms with Crippen molar-refractivity contribution in [3.05, 3.63) is 96.4 Å². The number of benzene rings is 2. The van der Waals surface area contributed by atoms with E-state index >= 15 is 0 Å². The van der Waals surface area contributed by atoms with Crippen LogP contribution in [-0.4, -0.2) is 15.0 Å². The van der Waals surface area contributed by atoms with Crippen molar-refractivity contribution >= 4 is 32.6 Å². The van der Waals surface area contributed by atoms with Gasteiger partial charge in [-0.1, -0.05) is 45.0 Å². The number of aromatic nitrogens is 3. The van der Waals surface area contributed by atoms with Crippen molar-refractivity contribution in [1.82, 2.24) is 15.0 Å². The molecule has 1 aliphatic rings. The van der Waals surface area contributed by atoms with Gasteiger partial charge in [-0.3, -0.25) is 4.79 Å². The second-order valence-electron chi connectivity index (χ2n) is 7.48. The van der Waals surface area contributed by atoms with Crippen molar-refractivity contribution in [2.75, 3.05) is 0 Å². The number of nitrogens with one attached hydrogen (secondary N) is 1. The summed E-state index contributed by atoms with van der Waals surface area (Å²) < 4.78 is 1.05. The standard InChI is InChI=1S/C15H9N3OS.C10H14.2ClH.Os/c19-14-13(16-9-5-1-2-6-10(9)17-14)15-18-11-7-3-4-8-12(11)20-15;1-8(2)10-6-4-9(3)5-7-10;;;/h1-8H,(H,17,19);4-8H,1-3H3;2*1H;/q;;;;+2/p-2. The summed E-state index contributed by atoms with van der Waals surface area (Å²) in [6, 6.07) is 15.3. The Balaban J connectivity index is 0.000000364. The van der Waals surface area contributed by atoms with Gasteiger partial charge in [-0.2, -0.15) is 0 Å². The van der Waals surface area contributed by atoms with Crippen LogP contribution in [0.15, 0.2) is 53.3 Å². The first kappa shape index (κ1) is 29.7. The first-order chi connectivity index (χ1) is 14.5. The summed E-state index contributed by atoms with van der Waals surface area (Å²) in [5.74, 6) is 3.41. The van der Waals surface area contributed by atoms with E-state index in [0.29, 0.717) is 16.6 Å². The zero-order chi connectivity index (χ0) is 21.1. The number of hydrogen-bond acceptors (Lipinski definition) is 4. The van der Waals surface area contributed by atoms with Gasteiger partial charge in [-0.25, -0.2) is 9.97 Å². The van der Waals surface area contributed by atoms with Gasteiger partial charge in [-0.05, 0) is 67.7 Å². The van der Waals surface area contributed by atoms with Crippen LogP contribution in [0.4, 0.5) is 0 Å². The zero-order valence-electron chi connectivity index (χ0n) is 18.3. The number of halogens is 2. The molecule has 4 nitrogen and oxygen atoms in total. The van der Waals surface area contributed by atoms with Gasteiger partial charge < -0.3 is 29.8 Å². The number of thiazole rings is 1. The molecule has 8 heteroatoms. The van der Waals surface area contributed by atoms with Crippen LogP contribution in [0.3, 0.4) is 0 Å². The van der Waals surface area contributed by atoms with E-state index in [1.165, 1.54) is 23.2 Å². The maximum absolute atomic E-state index is 12.2. The Bertz CT molecular complexity index is 1170. The van der Waals surface area contributed by atoms with Crippen molar-refractivity contribution in [3.63, 3.8) is 0 Å². The third-order valence-corrected chi connectivity index (χ3v) is 5.88. The number of aromatic amines is 1. The van der Waals surface area contributed by atoms with Crippen molar-refractivity contribution in [2.24, 2.45) is 5.92 Å². The third kappa shape index (κ3) is 7.33. The Hall–Kier alpha value is -1.31. The smallest absolute Gasteiger partial charge is 1.00 e. The van der Waals surface area contributed by atoms with Crippen LogP contribution in [0, 0.1) is 43.4 Å². The van der Waals surface area contributed by atoms with Gasteiger partial charge in [0.2, 0.25) is 0 Å². The molecular weight excluding hydrogens is 651 g/mol. The number of rotatable bonds is 2. The molecule has 1 saturated carbocycles. The topological polar surface area (TPSA) is 58.6 Å². The minimum atomic E-state index is -0.206. The summed E-state index contributed by atoms with van der Waals surface area (Å²) in [7, 11) is 0. The molecule has 172 valence electrons. The van der Waals surface area contributed by atoms with Gasteiger partial charge in [0, 0.05) is 0 Å². The summed E-state index contributed by atoms with van der Waals surface area (Å²) >= 11 is 1.48. The van der Waals surface area contributed by atoms with Gasteiger partial charge in [0.05, 0.1) is 21.3 Å². The second-order valence-corrected chi connectivity index (χ2v) is 8.51. The number of fused-ring (bicyclic) bond motifs is 2. The molecule has 0 amide bonds. The van der Waals surface area contributed by atoms with Gasteiger partial charge in [0.25, 0.3) is 5.56 Å².